The molecule has 0 saturated carbocycles. The maximum absolute atomic E-state index is 4.89. The summed E-state index contributed by atoms with van der Waals surface area (Å²) in [6, 6.07) is 10.4. The van der Waals surface area contributed by atoms with Gasteiger partial charge in [0.15, 0.2) is 0 Å². The molecule has 0 aromatic carbocycles. The SMILES string of the molecule is CC(C)(CCC(C)(C)C1C=NC(CC(C)(C)c2ccccn2)=CC1)c1ccncc1. The van der Waals surface area contributed by atoms with Crippen LogP contribution >= 0.6 is 0 Å². The molecule has 0 saturated heterocycles. The fourth-order valence-corrected chi connectivity index (χ4v) is 4.27. The van der Waals surface area contributed by atoms with Crippen LogP contribution in [0.3, 0.4) is 0 Å². The summed E-state index contributed by atoms with van der Waals surface area (Å²) >= 11 is 0. The van der Waals surface area contributed by atoms with Gasteiger partial charge in [-0.25, -0.2) is 0 Å². The number of aliphatic imine (C=N–C) groups is 1. The molecule has 0 bridgehead atoms. The van der Waals surface area contributed by atoms with Gasteiger partial charge in [-0.1, -0.05) is 53.7 Å². The summed E-state index contributed by atoms with van der Waals surface area (Å²) in [5, 5.41) is 0. The van der Waals surface area contributed by atoms with Crippen molar-refractivity contribution in [3.63, 3.8) is 0 Å². The van der Waals surface area contributed by atoms with Gasteiger partial charge in [0, 0.05) is 47.5 Å². The highest BCUT2D eigenvalue weighted by Gasteiger charge is 2.33. The highest BCUT2D eigenvalue weighted by Crippen LogP contribution is 2.41. The van der Waals surface area contributed by atoms with Gasteiger partial charge < -0.3 is 0 Å². The van der Waals surface area contributed by atoms with E-state index in [1.165, 1.54) is 17.7 Å². The minimum atomic E-state index is -0.0125. The zero-order valence-electron chi connectivity index (χ0n) is 19.5. The first kappa shape index (κ1) is 22.4. The quantitative estimate of drug-likeness (QED) is 0.480. The molecule has 0 aliphatic carbocycles. The van der Waals surface area contributed by atoms with Crippen molar-refractivity contribution >= 4 is 6.21 Å². The Morgan fingerprint density at radius 3 is 2.20 bits per heavy atom. The van der Waals surface area contributed by atoms with Gasteiger partial charge in [-0.3, -0.25) is 15.0 Å². The summed E-state index contributed by atoms with van der Waals surface area (Å²) in [6.07, 6.45) is 14.5. The first-order valence-corrected chi connectivity index (χ1v) is 11.2. The molecular weight excluding hydrogens is 366 g/mol. The molecule has 0 spiro atoms. The van der Waals surface area contributed by atoms with Crippen LogP contribution in [-0.2, 0) is 10.8 Å². The van der Waals surface area contributed by atoms with Crippen LogP contribution < -0.4 is 0 Å². The maximum atomic E-state index is 4.89. The summed E-state index contributed by atoms with van der Waals surface area (Å²) in [6.45, 7) is 14.0. The average molecular weight is 404 g/mol. The normalized spacial score (nSPS) is 17.7. The number of aromatic nitrogens is 2. The zero-order chi connectivity index (χ0) is 21.8. The van der Waals surface area contributed by atoms with Gasteiger partial charge in [-0.2, -0.15) is 0 Å². The second-order valence-electron chi connectivity index (χ2n) is 10.7. The van der Waals surface area contributed by atoms with Gasteiger partial charge in [-0.15, -0.1) is 0 Å². The molecule has 0 amide bonds. The lowest BCUT2D eigenvalue weighted by molar-refractivity contribution is 0.228. The van der Waals surface area contributed by atoms with Gasteiger partial charge in [0.25, 0.3) is 0 Å². The van der Waals surface area contributed by atoms with Crippen LogP contribution in [0.4, 0.5) is 0 Å². The van der Waals surface area contributed by atoms with Crippen LogP contribution in [0.5, 0.6) is 0 Å². The molecule has 160 valence electrons. The van der Waals surface area contributed by atoms with Gasteiger partial charge in [0.1, 0.15) is 0 Å². The summed E-state index contributed by atoms with van der Waals surface area (Å²) in [5.74, 6) is 0.479. The zero-order valence-corrected chi connectivity index (χ0v) is 19.5. The predicted molar refractivity (Wildman–Crippen MR) is 127 cm³/mol. The summed E-state index contributed by atoms with van der Waals surface area (Å²) in [5.41, 5.74) is 4.04. The molecule has 2 aromatic rings. The first-order valence-electron chi connectivity index (χ1n) is 11.2. The first-order chi connectivity index (χ1) is 14.1. The fraction of sp³-hybridized carbons (Fsp3) is 0.519. The van der Waals surface area contributed by atoms with Crippen molar-refractivity contribution < 1.29 is 0 Å². The van der Waals surface area contributed by atoms with Crippen LogP contribution in [0.25, 0.3) is 0 Å². The number of hydrogen-bond donors (Lipinski definition) is 0. The van der Waals surface area contributed by atoms with Crippen molar-refractivity contribution in [1.82, 2.24) is 9.97 Å². The molecule has 1 aliphatic rings. The predicted octanol–water partition coefficient (Wildman–Crippen LogP) is 6.90. The van der Waals surface area contributed by atoms with Crippen LogP contribution in [0.2, 0.25) is 0 Å². The maximum Gasteiger partial charge on any atom is 0.0463 e. The van der Waals surface area contributed by atoms with E-state index in [-0.39, 0.29) is 16.2 Å². The second-order valence-corrected chi connectivity index (χ2v) is 10.7. The molecule has 3 heterocycles. The second kappa shape index (κ2) is 8.83. The van der Waals surface area contributed by atoms with Gasteiger partial charge >= 0.3 is 0 Å². The van der Waals surface area contributed by atoms with Crippen LogP contribution in [0.1, 0.15) is 78.5 Å². The van der Waals surface area contributed by atoms with E-state index in [9.17, 15) is 0 Å². The lowest BCUT2D eigenvalue weighted by atomic mass is 9.69. The largest absolute Gasteiger partial charge is 0.266 e. The number of pyridine rings is 2. The van der Waals surface area contributed by atoms with E-state index in [4.69, 9.17) is 4.99 Å². The van der Waals surface area contributed by atoms with E-state index in [2.05, 4.69) is 88.1 Å². The monoisotopic (exact) mass is 403 g/mol. The lowest BCUT2D eigenvalue weighted by Crippen LogP contribution is -2.30. The molecule has 30 heavy (non-hydrogen) atoms. The molecule has 1 aliphatic heterocycles. The molecule has 3 heteroatoms. The Hall–Kier alpha value is -2.29. The van der Waals surface area contributed by atoms with Crippen molar-refractivity contribution in [2.24, 2.45) is 16.3 Å². The van der Waals surface area contributed by atoms with Crippen molar-refractivity contribution in [3.8, 4) is 0 Å². The molecular formula is C27H37N3. The Bertz CT molecular complexity index is 877. The molecule has 1 atom stereocenters. The van der Waals surface area contributed by atoms with E-state index in [1.807, 2.05) is 24.7 Å². The summed E-state index contributed by atoms with van der Waals surface area (Å²) in [4.78, 5) is 13.6. The molecule has 1 unspecified atom stereocenters. The fourth-order valence-electron chi connectivity index (χ4n) is 4.27. The number of rotatable bonds is 8. The van der Waals surface area contributed by atoms with Gasteiger partial charge in [-0.05, 0) is 66.3 Å². The third-order valence-electron chi connectivity index (χ3n) is 6.87. The van der Waals surface area contributed by atoms with E-state index < -0.39 is 0 Å². The Labute approximate surface area is 182 Å². The third kappa shape index (κ3) is 5.44. The Morgan fingerprint density at radius 1 is 0.867 bits per heavy atom. The van der Waals surface area contributed by atoms with Gasteiger partial charge in [0.05, 0.1) is 0 Å². The van der Waals surface area contributed by atoms with E-state index in [0.717, 1.165) is 25.0 Å². The number of hydrogen-bond acceptors (Lipinski definition) is 3. The van der Waals surface area contributed by atoms with E-state index in [0.29, 0.717) is 5.92 Å². The third-order valence-corrected chi connectivity index (χ3v) is 6.87. The highest BCUT2D eigenvalue weighted by atomic mass is 14.8. The summed E-state index contributed by atoms with van der Waals surface area (Å²) < 4.78 is 0. The smallest absolute Gasteiger partial charge is 0.0463 e. The Balaban J connectivity index is 1.59. The lowest BCUT2D eigenvalue weighted by Gasteiger charge is -2.37. The van der Waals surface area contributed by atoms with Crippen LogP contribution in [0.15, 0.2) is 65.7 Å². The Kier molecular flexibility index (Phi) is 6.59. The molecule has 3 rings (SSSR count). The molecule has 0 radical (unpaired) electrons. The molecule has 0 fully saturated rings. The minimum absolute atomic E-state index is 0.0125. The minimum Gasteiger partial charge on any atom is -0.266 e. The van der Waals surface area contributed by atoms with Gasteiger partial charge in [0.2, 0.25) is 0 Å². The summed E-state index contributed by atoms with van der Waals surface area (Å²) in [7, 11) is 0. The highest BCUT2D eigenvalue weighted by molar-refractivity contribution is 5.65. The van der Waals surface area contributed by atoms with Crippen molar-refractivity contribution in [1.29, 1.82) is 0 Å². The van der Waals surface area contributed by atoms with E-state index in [1.54, 1.807) is 0 Å². The molecule has 3 nitrogen and oxygen atoms in total. The number of allylic oxidation sites excluding steroid dienone is 2. The number of nitrogens with zero attached hydrogens (tertiary/aromatic N) is 3. The average Bonchev–Trinajstić information content (AvgIpc) is 2.74. The standard InChI is InChI=1S/C27H37N3/c1-25(2,21-12-17-28-18-13-21)14-15-26(3,4)22-10-11-23(30-20-22)19-27(5,6)24-9-7-8-16-29-24/h7-9,11-13,16-18,20,22H,10,14-15,19H2,1-6H3. The molecule has 2 aromatic heterocycles. The Morgan fingerprint density at radius 2 is 1.60 bits per heavy atom. The van der Waals surface area contributed by atoms with Crippen molar-refractivity contribution in [2.45, 2.75) is 78.1 Å². The van der Waals surface area contributed by atoms with Crippen LogP contribution in [0, 0.1) is 11.3 Å². The van der Waals surface area contributed by atoms with Crippen LogP contribution in [-0.4, -0.2) is 16.2 Å². The topological polar surface area (TPSA) is 38.1 Å². The van der Waals surface area contributed by atoms with Crippen molar-refractivity contribution in [2.75, 3.05) is 0 Å². The van der Waals surface area contributed by atoms with E-state index >= 15 is 0 Å². The molecule has 0 N–H and O–H groups in total. The van der Waals surface area contributed by atoms with Crippen molar-refractivity contribution in [3.05, 3.63) is 72.0 Å².